The van der Waals surface area contributed by atoms with Gasteiger partial charge in [-0.15, -0.1) is 0 Å². The first-order chi connectivity index (χ1) is 18.3. The molecule has 1 aliphatic carbocycles. The van der Waals surface area contributed by atoms with E-state index in [4.69, 9.17) is 14.2 Å². The molecule has 4 aromatic rings. The zero-order valence-electron chi connectivity index (χ0n) is 19.6. The van der Waals surface area contributed by atoms with Gasteiger partial charge in [0.25, 0.3) is 5.91 Å². The second kappa shape index (κ2) is 10.4. The number of nitrogens with zero attached hydrogens (tertiary/aromatic N) is 3. The Bertz CT molecular complexity index is 1490. The van der Waals surface area contributed by atoms with Crippen molar-refractivity contribution in [3.8, 4) is 29.0 Å². The minimum Gasteiger partial charge on any atom is -0.489 e. The lowest BCUT2D eigenvalue weighted by atomic mass is 10.2. The fourth-order valence-electron chi connectivity index (χ4n) is 3.51. The molecule has 13 heteroatoms. The number of carbonyl (C=O) groups is 1. The van der Waals surface area contributed by atoms with Crippen LogP contribution in [0.3, 0.4) is 0 Å². The molecule has 1 aliphatic rings. The molecule has 0 radical (unpaired) electrons. The largest absolute Gasteiger partial charge is 0.489 e. The van der Waals surface area contributed by atoms with Crippen molar-refractivity contribution in [3.05, 3.63) is 66.1 Å². The first-order valence-electron chi connectivity index (χ1n) is 11.2. The molecule has 3 heterocycles. The zero-order chi connectivity index (χ0) is 26.8. The molecule has 1 saturated carbocycles. The number of aromatic nitrogens is 3. The average Bonchev–Trinajstić information content (AvgIpc) is 3.70. The number of hydrogen-bond acceptors (Lipinski definition) is 8. The molecule has 0 unspecified atom stereocenters. The van der Waals surface area contributed by atoms with Crippen LogP contribution in [-0.2, 0) is 0 Å². The van der Waals surface area contributed by atoms with Crippen LogP contribution >= 0.6 is 0 Å². The fourth-order valence-corrected chi connectivity index (χ4v) is 3.51. The highest BCUT2D eigenvalue weighted by atomic mass is 19.3. The molecule has 1 amide bonds. The number of halogens is 4. The summed E-state index contributed by atoms with van der Waals surface area (Å²) in [5.74, 6) is -4.53. The number of nitrogens with one attached hydrogen (secondary N) is 1. The highest BCUT2D eigenvalue weighted by Crippen LogP contribution is 2.39. The summed E-state index contributed by atoms with van der Waals surface area (Å²) in [5.41, 5.74) is -0.0417. The Morgan fingerprint density at radius 3 is 2.50 bits per heavy atom. The summed E-state index contributed by atoms with van der Waals surface area (Å²) in [7, 11) is 1.26. The van der Waals surface area contributed by atoms with Crippen LogP contribution in [-0.4, -0.2) is 40.7 Å². The highest BCUT2D eigenvalue weighted by molar-refractivity contribution is 6.06. The van der Waals surface area contributed by atoms with Crippen molar-refractivity contribution in [2.75, 3.05) is 12.4 Å². The zero-order valence-corrected chi connectivity index (χ0v) is 19.6. The van der Waals surface area contributed by atoms with Crippen molar-refractivity contribution < 1.29 is 41.3 Å². The molecule has 196 valence electrons. The third-order valence-electron chi connectivity index (χ3n) is 5.35. The Morgan fingerprint density at radius 2 is 1.82 bits per heavy atom. The summed E-state index contributed by atoms with van der Waals surface area (Å²) in [4.78, 5) is 24.5. The second-order valence-electron chi connectivity index (χ2n) is 8.07. The van der Waals surface area contributed by atoms with Gasteiger partial charge in [-0.2, -0.15) is 13.8 Å². The Kier molecular flexibility index (Phi) is 6.81. The molecule has 0 aliphatic heterocycles. The van der Waals surface area contributed by atoms with E-state index in [1.807, 2.05) is 0 Å². The van der Waals surface area contributed by atoms with Gasteiger partial charge in [0, 0.05) is 42.5 Å². The second-order valence-corrected chi connectivity index (χ2v) is 8.07. The number of anilines is 1. The molecule has 9 nitrogen and oxygen atoms in total. The van der Waals surface area contributed by atoms with Gasteiger partial charge in [-0.1, -0.05) is 0 Å². The van der Waals surface area contributed by atoms with Gasteiger partial charge < -0.3 is 24.3 Å². The van der Waals surface area contributed by atoms with Gasteiger partial charge in [-0.05, 0) is 25.0 Å². The SMILES string of the molecule is COc1cc2nccc(Oc3c(F)cc(NC(=O)c4cnccc4OC4CC4)cc3F)c2c(OC(F)F)n1. The lowest BCUT2D eigenvalue weighted by molar-refractivity contribution is -0.0519. The Labute approximate surface area is 212 Å². The topological polar surface area (TPSA) is 105 Å². The molecule has 0 spiro atoms. The van der Waals surface area contributed by atoms with Crippen molar-refractivity contribution in [1.29, 1.82) is 0 Å². The Balaban J connectivity index is 1.43. The maximum atomic E-state index is 15.0. The number of carbonyl (C=O) groups excluding carboxylic acids is 1. The number of hydrogen-bond donors (Lipinski definition) is 1. The summed E-state index contributed by atoms with van der Waals surface area (Å²) in [6.45, 7) is -3.25. The monoisotopic (exact) mass is 530 g/mol. The molecule has 0 bridgehead atoms. The van der Waals surface area contributed by atoms with Crippen molar-refractivity contribution in [3.63, 3.8) is 0 Å². The van der Waals surface area contributed by atoms with Crippen LogP contribution < -0.4 is 24.3 Å². The van der Waals surface area contributed by atoms with Gasteiger partial charge >= 0.3 is 6.61 Å². The van der Waals surface area contributed by atoms with Crippen molar-refractivity contribution >= 4 is 22.5 Å². The molecule has 1 fully saturated rings. The summed E-state index contributed by atoms with van der Waals surface area (Å²) in [5, 5.41) is 2.24. The number of fused-ring (bicyclic) bond motifs is 1. The predicted molar refractivity (Wildman–Crippen MR) is 125 cm³/mol. The summed E-state index contributed by atoms with van der Waals surface area (Å²) < 4.78 is 76.5. The number of amides is 1. The number of benzene rings is 1. The average molecular weight is 530 g/mol. The van der Waals surface area contributed by atoms with Crippen LogP contribution in [0.15, 0.2) is 48.9 Å². The smallest absolute Gasteiger partial charge is 0.388 e. The number of alkyl halides is 2. The predicted octanol–water partition coefficient (Wildman–Crippen LogP) is 5.50. The maximum Gasteiger partial charge on any atom is 0.388 e. The highest BCUT2D eigenvalue weighted by Gasteiger charge is 2.26. The summed E-state index contributed by atoms with van der Waals surface area (Å²) >= 11 is 0. The van der Waals surface area contributed by atoms with Gasteiger partial charge in [0.2, 0.25) is 11.8 Å². The van der Waals surface area contributed by atoms with E-state index < -0.39 is 35.8 Å². The summed E-state index contributed by atoms with van der Waals surface area (Å²) in [6.07, 6.45) is 5.74. The standard InChI is InChI=1S/C25H18F4N4O5/c1-35-20-10-17-21(24(33-20)38-25(28)29)19(5-7-31-17)37-22-15(26)8-12(9-16(22)27)32-23(34)14-11-30-6-4-18(14)36-13-2-3-13/h4-11,13,25H,2-3H2,1H3,(H,32,34). The van der Waals surface area contributed by atoms with Gasteiger partial charge in [-0.25, -0.2) is 8.78 Å². The molecule has 5 rings (SSSR count). The third-order valence-corrected chi connectivity index (χ3v) is 5.35. The molecule has 1 aromatic carbocycles. The van der Waals surface area contributed by atoms with E-state index in [0.717, 1.165) is 25.0 Å². The van der Waals surface area contributed by atoms with Gasteiger partial charge in [0.05, 0.1) is 24.3 Å². The number of ether oxygens (including phenoxy) is 4. The minimum atomic E-state index is -3.25. The first-order valence-corrected chi connectivity index (χ1v) is 11.2. The Hall–Kier alpha value is -4.68. The van der Waals surface area contributed by atoms with E-state index in [0.29, 0.717) is 5.75 Å². The van der Waals surface area contributed by atoms with Gasteiger partial charge in [0.15, 0.2) is 17.4 Å². The van der Waals surface area contributed by atoms with Crippen molar-refractivity contribution in [2.24, 2.45) is 0 Å². The molecule has 0 atom stereocenters. The lowest BCUT2D eigenvalue weighted by Gasteiger charge is -2.15. The number of rotatable bonds is 9. The van der Waals surface area contributed by atoms with Gasteiger partial charge in [-0.3, -0.25) is 14.8 Å². The number of methoxy groups -OCH3 is 1. The third kappa shape index (κ3) is 5.36. The molecule has 38 heavy (non-hydrogen) atoms. The van der Waals surface area contributed by atoms with Crippen molar-refractivity contribution in [2.45, 2.75) is 25.6 Å². The first kappa shape index (κ1) is 25.0. The van der Waals surface area contributed by atoms with E-state index in [2.05, 4.69) is 25.0 Å². The van der Waals surface area contributed by atoms with Crippen LogP contribution in [0.5, 0.6) is 29.0 Å². The van der Waals surface area contributed by atoms with Crippen LogP contribution in [0.1, 0.15) is 23.2 Å². The maximum absolute atomic E-state index is 15.0. The van der Waals surface area contributed by atoms with Crippen molar-refractivity contribution in [1.82, 2.24) is 15.0 Å². The molecule has 0 saturated heterocycles. The minimum absolute atomic E-state index is 0.0161. The van der Waals surface area contributed by atoms with E-state index in [1.54, 1.807) is 0 Å². The molecular formula is C25H18F4N4O5. The van der Waals surface area contributed by atoms with Crippen LogP contribution in [0.4, 0.5) is 23.2 Å². The molecular weight excluding hydrogens is 512 g/mol. The van der Waals surface area contributed by atoms with Crippen LogP contribution in [0, 0.1) is 11.6 Å². The lowest BCUT2D eigenvalue weighted by Crippen LogP contribution is -2.15. The van der Waals surface area contributed by atoms with Crippen LogP contribution in [0.25, 0.3) is 10.9 Å². The fraction of sp³-hybridized carbons (Fsp3) is 0.200. The van der Waals surface area contributed by atoms with E-state index >= 15 is 0 Å². The quantitative estimate of drug-likeness (QED) is 0.283. The van der Waals surface area contributed by atoms with E-state index in [-0.39, 0.29) is 39.9 Å². The number of pyridine rings is 3. The van der Waals surface area contributed by atoms with Gasteiger partial charge in [0.1, 0.15) is 16.9 Å². The van der Waals surface area contributed by atoms with Crippen LogP contribution in [0.2, 0.25) is 0 Å². The van der Waals surface area contributed by atoms with E-state index in [1.165, 1.54) is 43.9 Å². The normalized spacial score (nSPS) is 12.9. The summed E-state index contributed by atoms with van der Waals surface area (Å²) in [6, 6.07) is 5.73. The van der Waals surface area contributed by atoms with E-state index in [9.17, 15) is 22.4 Å². The Morgan fingerprint density at radius 1 is 1.08 bits per heavy atom. The molecule has 1 N–H and O–H groups in total. The molecule has 3 aromatic heterocycles.